The van der Waals surface area contributed by atoms with E-state index >= 15 is 0 Å². The lowest BCUT2D eigenvalue weighted by atomic mass is 10.1. The van der Waals surface area contributed by atoms with Crippen molar-refractivity contribution in [3.63, 3.8) is 0 Å². The average Bonchev–Trinajstić information content (AvgIpc) is 2.72. The summed E-state index contributed by atoms with van der Waals surface area (Å²) in [5.41, 5.74) is 3.66. The van der Waals surface area contributed by atoms with Crippen LogP contribution >= 0.6 is 0 Å². The topological polar surface area (TPSA) is 132 Å². The van der Waals surface area contributed by atoms with Gasteiger partial charge in [-0.3, -0.25) is 19.7 Å². The molecule has 0 saturated carbocycles. The van der Waals surface area contributed by atoms with Crippen LogP contribution in [0.2, 0.25) is 0 Å². The Morgan fingerprint density at radius 1 is 1.07 bits per heavy atom. The zero-order valence-electron chi connectivity index (χ0n) is 16.8. The maximum absolute atomic E-state index is 12.1. The number of non-ortho nitro benzene ring substituents is 1. The van der Waals surface area contributed by atoms with E-state index in [4.69, 9.17) is 9.47 Å². The van der Waals surface area contributed by atoms with Gasteiger partial charge in [0.05, 0.1) is 32.0 Å². The van der Waals surface area contributed by atoms with Crippen LogP contribution in [0.1, 0.15) is 18.9 Å². The van der Waals surface area contributed by atoms with Gasteiger partial charge in [0.25, 0.3) is 5.69 Å². The molecular weight excluding hydrogens is 392 g/mol. The maximum Gasteiger partial charge on any atom is 0.271 e. The number of nitrogens with one attached hydrogen (secondary N) is 2. The van der Waals surface area contributed by atoms with Crippen LogP contribution in [0.3, 0.4) is 0 Å². The Hall–Kier alpha value is -3.95. The van der Waals surface area contributed by atoms with Gasteiger partial charge in [0.2, 0.25) is 11.8 Å². The number of benzene rings is 2. The molecule has 2 amide bonds. The fourth-order valence-corrected chi connectivity index (χ4v) is 2.55. The van der Waals surface area contributed by atoms with Gasteiger partial charge in [0.1, 0.15) is 0 Å². The molecule has 10 heteroatoms. The molecule has 10 nitrogen and oxygen atoms in total. The summed E-state index contributed by atoms with van der Waals surface area (Å²) in [7, 11) is 3.03. The lowest BCUT2D eigenvalue weighted by Gasteiger charge is -2.09. The molecule has 2 rings (SSSR count). The Labute approximate surface area is 173 Å². The molecule has 0 atom stereocenters. The van der Waals surface area contributed by atoms with Gasteiger partial charge in [-0.1, -0.05) is 12.1 Å². The summed E-state index contributed by atoms with van der Waals surface area (Å²) in [6, 6.07) is 10.7. The van der Waals surface area contributed by atoms with E-state index < -0.39 is 10.8 Å². The van der Waals surface area contributed by atoms with Crippen molar-refractivity contribution in [3.05, 3.63) is 58.1 Å². The average molecular weight is 414 g/mol. The number of nitro benzene ring substituents is 1. The minimum atomic E-state index is -0.545. The second kappa shape index (κ2) is 10.6. The van der Waals surface area contributed by atoms with E-state index in [1.807, 2.05) is 0 Å². The van der Waals surface area contributed by atoms with Crippen LogP contribution in [0.4, 0.5) is 11.4 Å². The van der Waals surface area contributed by atoms with Crippen LogP contribution in [0, 0.1) is 10.1 Å². The largest absolute Gasteiger partial charge is 0.493 e. The highest BCUT2D eigenvalue weighted by Gasteiger charge is 2.11. The van der Waals surface area contributed by atoms with Gasteiger partial charge in [-0.05, 0) is 30.7 Å². The first kappa shape index (κ1) is 22.3. The van der Waals surface area contributed by atoms with E-state index in [2.05, 4.69) is 15.8 Å². The molecule has 0 aliphatic heterocycles. The number of nitrogens with zero attached hydrogens (tertiary/aromatic N) is 2. The molecule has 0 saturated heterocycles. The van der Waals surface area contributed by atoms with Gasteiger partial charge in [-0.2, -0.15) is 5.10 Å². The zero-order chi connectivity index (χ0) is 22.1. The molecule has 0 aliphatic carbocycles. The minimum Gasteiger partial charge on any atom is -0.493 e. The minimum absolute atomic E-state index is 0.0665. The first-order valence-electron chi connectivity index (χ1n) is 8.89. The summed E-state index contributed by atoms with van der Waals surface area (Å²) < 4.78 is 10.4. The number of rotatable bonds is 9. The van der Waals surface area contributed by atoms with Crippen LogP contribution in [-0.4, -0.2) is 36.7 Å². The molecule has 0 bridgehead atoms. The Morgan fingerprint density at radius 3 is 2.47 bits per heavy atom. The van der Waals surface area contributed by atoms with Crippen molar-refractivity contribution in [1.82, 2.24) is 5.43 Å². The lowest BCUT2D eigenvalue weighted by Crippen LogP contribution is -2.23. The Balaban J connectivity index is 1.88. The number of nitro groups is 1. The number of hydrazone groups is 1. The van der Waals surface area contributed by atoms with E-state index in [1.54, 1.807) is 31.2 Å². The fraction of sp³-hybridized carbons (Fsp3) is 0.250. The van der Waals surface area contributed by atoms with Crippen molar-refractivity contribution >= 4 is 28.9 Å². The zero-order valence-corrected chi connectivity index (χ0v) is 16.8. The Bertz CT molecular complexity index is 974. The van der Waals surface area contributed by atoms with Gasteiger partial charge < -0.3 is 14.8 Å². The molecule has 30 heavy (non-hydrogen) atoms. The number of anilines is 1. The van der Waals surface area contributed by atoms with E-state index in [0.29, 0.717) is 28.5 Å². The summed E-state index contributed by atoms with van der Waals surface area (Å²) in [6.45, 7) is 1.59. The molecule has 2 aromatic rings. The predicted molar refractivity (Wildman–Crippen MR) is 111 cm³/mol. The number of ether oxygens (including phenoxy) is 2. The number of carbonyl (C=O) groups excluding carboxylic acids is 2. The highest BCUT2D eigenvalue weighted by molar-refractivity contribution is 6.05. The molecule has 2 N–H and O–H groups in total. The van der Waals surface area contributed by atoms with Crippen molar-refractivity contribution in [3.8, 4) is 11.5 Å². The second-order valence-electron chi connectivity index (χ2n) is 6.28. The third-order valence-corrected chi connectivity index (χ3v) is 3.94. The molecule has 0 unspecified atom stereocenters. The van der Waals surface area contributed by atoms with Crippen molar-refractivity contribution in [2.75, 3.05) is 19.5 Å². The molecule has 0 aromatic heterocycles. The van der Waals surface area contributed by atoms with Gasteiger partial charge >= 0.3 is 0 Å². The summed E-state index contributed by atoms with van der Waals surface area (Å²) in [5, 5.41) is 17.3. The second-order valence-corrected chi connectivity index (χ2v) is 6.28. The number of methoxy groups -OCH3 is 2. The molecular formula is C20H22N4O6. The maximum atomic E-state index is 12.1. The van der Waals surface area contributed by atoms with Crippen LogP contribution in [-0.2, 0) is 16.0 Å². The molecule has 0 heterocycles. The third-order valence-electron chi connectivity index (χ3n) is 3.94. The normalized spacial score (nSPS) is 10.8. The molecule has 0 spiro atoms. The number of carbonyl (C=O) groups is 2. The number of hydrogen-bond acceptors (Lipinski definition) is 7. The highest BCUT2D eigenvalue weighted by Crippen LogP contribution is 2.27. The van der Waals surface area contributed by atoms with Gasteiger partial charge in [-0.15, -0.1) is 0 Å². The molecule has 0 radical (unpaired) electrons. The van der Waals surface area contributed by atoms with Gasteiger partial charge in [0.15, 0.2) is 11.5 Å². The summed E-state index contributed by atoms with van der Waals surface area (Å²) in [6.07, 6.45) is -0.0175. The van der Waals surface area contributed by atoms with Gasteiger partial charge in [-0.25, -0.2) is 5.43 Å². The smallest absolute Gasteiger partial charge is 0.271 e. The van der Waals surface area contributed by atoms with Crippen LogP contribution < -0.4 is 20.2 Å². The van der Waals surface area contributed by atoms with Crippen molar-refractivity contribution in [1.29, 1.82) is 0 Å². The third kappa shape index (κ3) is 6.59. The monoisotopic (exact) mass is 414 g/mol. The Kier molecular flexibility index (Phi) is 7.86. The molecule has 0 aliphatic rings. The van der Waals surface area contributed by atoms with E-state index in [-0.39, 0.29) is 24.4 Å². The highest BCUT2D eigenvalue weighted by atomic mass is 16.6. The van der Waals surface area contributed by atoms with E-state index in [1.165, 1.54) is 32.4 Å². The van der Waals surface area contributed by atoms with E-state index in [9.17, 15) is 19.7 Å². The molecule has 2 aromatic carbocycles. The lowest BCUT2D eigenvalue weighted by molar-refractivity contribution is -0.384. The van der Waals surface area contributed by atoms with Crippen LogP contribution in [0.15, 0.2) is 47.6 Å². The Morgan fingerprint density at radius 2 is 1.80 bits per heavy atom. The first-order valence-corrected chi connectivity index (χ1v) is 8.89. The summed E-state index contributed by atoms with van der Waals surface area (Å²) in [4.78, 5) is 34.4. The summed E-state index contributed by atoms with van der Waals surface area (Å²) in [5.74, 6) is 0.303. The molecule has 0 fully saturated rings. The van der Waals surface area contributed by atoms with Crippen molar-refractivity contribution < 1.29 is 24.0 Å². The first-order chi connectivity index (χ1) is 14.3. The number of amides is 2. The number of hydrogen-bond donors (Lipinski definition) is 2. The van der Waals surface area contributed by atoms with Crippen molar-refractivity contribution in [2.45, 2.75) is 19.8 Å². The standard InChI is InChI=1S/C20H22N4O6/c1-13(9-19(25)21-15-5-4-6-16(12-15)24(27)28)22-23-20(26)11-14-7-8-17(29-2)18(10-14)30-3/h4-8,10,12H,9,11H2,1-3H3,(H,21,25)(H,23,26)/b22-13+. The van der Waals surface area contributed by atoms with Gasteiger partial charge in [0, 0.05) is 23.5 Å². The fourth-order valence-electron chi connectivity index (χ4n) is 2.55. The summed E-state index contributed by atoms with van der Waals surface area (Å²) >= 11 is 0. The van der Waals surface area contributed by atoms with Crippen LogP contribution in [0.25, 0.3) is 0 Å². The van der Waals surface area contributed by atoms with Crippen molar-refractivity contribution in [2.24, 2.45) is 5.10 Å². The quantitative estimate of drug-likeness (QED) is 0.368. The SMILES string of the molecule is COc1ccc(CC(=O)N/N=C(\C)CC(=O)Nc2cccc([N+](=O)[O-])c2)cc1OC. The van der Waals surface area contributed by atoms with Crippen LogP contribution in [0.5, 0.6) is 11.5 Å². The van der Waals surface area contributed by atoms with E-state index in [0.717, 1.165) is 0 Å². The predicted octanol–water partition coefficient (Wildman–Crippen LogP) is 2.68. The molecule has 158 valence electrons.